The summed E-state index contributed by atoms with van der Waals surface area (Å²) in [7, 11) is 0. The Morgan fingerprint density at radius 2 is 1.31 bits per heavy atom. The molecular weight excluding hydrogens is 577 g/mol. The maximum atomic E-state index is 6.87. The summed E-state index contributed by atoms with van der Waals surface area (Å²) >= 11 is 2.06. The Morgan fingerprint density at radius 3 is 1.96 bits per heavy atom. The van der Waals surface area contributed by atoms with Crippen LogP contribution in [0.3, 0.4) is 0 Å². The molecule has 0 unspecified atom stereocenters. The summed E-state index contributed by atoms with van der Waals surface area (Å²) in [5.41, 5.74) is 6.28. The molecule has 0 bridgehead atoms. The predicted octanol–water partition coefficient (Wildman–Crippen LogP) is 9.21. The maximum Gasteiger partial charge on any atom is 0.119 e. The number of benzene rings is 4. The number of hydrogen-bond donors (Lipinski definition) is 0. The summed E-state index contributed by atoms with van der Waals surface area (Å²) in [6.45, 7) is 7.37. The third-order valence-corrected chi connectivity index (χ3v) is 11.0. The first-order valence-electron chi connectivity index (χ1n) is 16.5. The summed E-state index contributed by atoms with van der Waals surface area (Å²) in [5, 5.41) is 0.658. The average Bonchev–Trinajstić information content (AvgIpc) is 3.09. The lowest BCUT2D eigenvalue weighted by atomic mass is 9.89. The van der Waals surface area contributed by atoms with Gasteiger partial charge in [0.25, 0.3) is 0 Å². The Morgan fingerprint density at radius 1 is 0.689 bits per heavy atom. The van der Waals surface area contributed by atoms with Crippen molar-refractivity contribution in [1.82, 2.24) is 0 Å². The zero-order chi connectivity index (χ0) is 30.8. The smallest absolute Gasteiger partial charge is 0.119 e. The number of rotatable bonds is 12. The molecule has 0 spiro atoms. The molecule has 4 nitrogen and oxygen atoms in total. The molecule has 0 amide bonds. The molecule has 45 heavy (non-hydrogen) atoms. The van der Waals surface area contributed by atoms with Crippen molar-refractivity contribution in [3.05, 3.63) is 137 Å². The summed E-state index contributed by atoms with van der Waals surface area (Å²) < 4.78 is 25.3. The van der Waals surface area contributed by atoms with Crippen LogP contribution in [0.5, 0.6) is 5.75 Å². The van der Waals surface area contributed by atoms with Gasteiger partial charge >= 0.3 is 0 Å². The van der Waals surface area contributed by atoms with E-state index in [1.165, 1.54) is 27.8 Å². The Kier molecular flexibility index (Phi) is 11.3. The molecule has 4 aromatic rings. The Labute approximate surface area is 273 Å². The van der Waals surface area contributed by atoms with E-state index in [0.29, 0.717) is 24.4 Å². The minimum Gasteiger partial charge on any atom is -0.490 e. The maximum absolute atomic E-state index is 6.87. The van der Waals surface area contributed by atoms with Gasteiger partial charge in [-0.3, -0.25) is 0 Å². The van der Waals surface area contributed by atoms with Crippen LogP contribution in [0.15, 0.2) is 109 Å². The fraction of sp³-hybridized carbons (Fsp3) is 0.400. The molecule has 236 valence electrons. The molecule has 2 aliphatic heterocycles. The molecule has 0 radical (unpaired) electrons. The van der Waals surface area contributed by atoms with Gasteiger partial charge in [0.05, 0.1) is 37.8 Å². The number of ether oxygens (including phenoxy) is 4. The molecule has 5 atom stereocenters. The van der Waals surface area contributed by atoms with Gasteiger partial charge in [-0.25, -0.2) is 0 Å². The number of thioether (sulfide) groups is 1. The molecule has 2 heterocycles. The van der Waals surface area contributed by atoms with Gasteiger partial charge in [0, 0.05) is 18.1 Å². The van der Waals surface area contributed by atoms with E-state index in [2.05, 4.69) is 135 Å². The van der Waals surface area contributed by atoms with Gasteiger partial charge < -0.3 is 18.9 Å². The van der Waals surface area contributed by atoms with Crippen LogP contribution in [0.2, 0.25) is 0 Å². The van der Waals surface area contributed by atoms with Crippen molar-refractivity contribution in [2.24, 2.45) is 5.92 Å². The van der Waals surface area contributed by atoms with Crippen molar-refractivity contribution >= 4 is 11.8 Å². The van der Waals surface area contributed by atoms with E-state index < -0.39 is 0 Å². The lowest BCUT2D eigenvalue weighted by Crippen LogP contribution is -2.48. The molecule has 0 aromatic heterocycles. The number of hydrogen-bond acceptors (Lipinski definition) is 5. The topological polar surface area (TPSA) is 36.9 Å². The van der Waals surface area contributed by atoms with Crippen LogP contribution in [0.1, 0.15) is 66.2 Å². The quantitative estimate of drug-likeness (QED) is 0.157. The van der Waals surface area contributed by atoms with Gasteiger partial charge in [0.1, 0.15) is 18.0 Å². The van der Waals surface area contributed by atoms with Crippen molar-refractivity contribution in [3.63, 3.8) is 0 Å². The van der Waals surface area contributed by atoms with Crippen molar-refractivity contribution in [2.45, 2.75) is 81.6 Å². The third kappa shape index (κ3) is 8.59. The van der Waals surface area contributed by atoms with Crippen LogP contribution < -0.4 is 4.74 Å². The molecule has 2 saturated heterocycles. The second-order valence-corrected chi connectivity index (χ2v) is 13.8. The third-order valence-electron chi connectivity index (χ3n) is 9.10. The minimum atomic E-state index is -0.0754. The normalized spacial score (nSPS) is 23.9. The van der Waals surface area contributed by atoms with Crippen LogP contribution >= 0.6 is 11.8 Å². The molecule has 0 N–H and O–H groups in total. The van der Waals surface area contributed by atoms with Gasteiger partial charge in [0.2, 0.25) is 0 Å². The lowest BCUT2D eigenvalue weighted by Gasteiger charge is -2.45. The highest BCUT2D eigenvalue weighted by Crippen LogP contribution is 2.49. The van der Waals surface area contributed by atoms with Gasteiger partial charge in [-0.05, 0) is 58.7 Å². The molecule has 2 fully saturated rings. The summed E-state index contributed by atoms with van der Waals surface area (Å²) in [4.78, 5) is 0. The standard InChI is InChI=1S/C40H46O4S/c1-3-37-29(2)38(42-27-31-11-6-4-7-12-31)39(43-28-32-13-8-5-9-14-32)40(45-37)34-16-10-15-33(26-34)25-30-17-19-35(20-18-30)44-36-21-23-41-24-22-36/h4-20,26,29,36-40H,3,21-25,27-28H2,1-2H3/t29-,37-,38+,39-,40+/m1/s1. The lowest BCUT2D eigenvalue weighted by molar-refractivity contribution is -0.112. The van der Waals surface area contributed by atoms with E-state index in [0.717, 1.165) is 44.6 Å². The van der Waals surface area contributed by atoms with Gasteiger partial charge in [-0.15, -0.1) is 11.8 Å². The summed E-state index contributed by atoms with van der Waals surface area (Å²) in [5.74, 6) is 1.31. The molecule has 0 aliphatic carbocycles. The average molecular weight is 623 g/mol. The first kappa shape index (κ1) is 31.9. The van der Waals surface area contributed by atoms with Crippen LogP contribution in [0.25, 0.3) is 0 Å². The van der Waals surface area contributed by atoms with Crippen LogP contribution in [0, 0.1) is 5.92 Å². The Bertz CT molecular complexity index is 1440. The molecule has 2 aliphatic rings. The van der Waals surface area contributed by atoms with Crippen LogP contribution in [-0.2, 0) is 33.8 Å². The van der Waals surface area contributed by atoms with Gasteiger partial charge in [-0.2, -0.15) is 0 Å². The van der Waals surface area contributed by atoms with Crippen molar-refractivity contribution in [1.29, 1.82) is 0 Å². The van der Waals surface area contributed by atoms with Crippen molar-refractivity contribution in [2.75, 3.05) is 13.2 Å². The zero-order valence-corrected chi connectivity index (χ0v) is 27.4. The first-order chi connectivity index (χ1) is 22.2. The van der Waals surface area contributed by atoms with E-state index in [1.807, 2.05) is 0 Å². The highest BCUT2D eigenvalue weighted by atomic mass is 32.2. The molecule has 6 rings (SSSR count). The Balaban J connectivity index is 1.21. The van der Waals surface area contributed by atoms with Gasteiger partial charge in [-0.1, -0.05) is 111 Å². The zero-order valence-electron chi connectivity index (χ0n) is 26.6. The minimum absolute atomic E-state index is 0.0166. The summed E-state index contributed by atoms with van der Waals surface area (Å²) in [6.07, 6.45) is 4.05. The SMILES string of the molecule is CC[C@H]1S[C@@H](c2cccc(Cc3ccc(OC4CCOCC4)cc3)c2)[C@H](OCc2ccccc2)[C@@H](OCc2ccccc2)[C@@H]1C. The van der Waals surface area contributed by atoms with E-state index in [4.69, 9.17) is 18.9 Å². The highest BCUT2D eigenvalue weighted by molar-refractivity contribution is 8.00. The van der Waals surface area contributed by atoms with Crippen molar-refractivity contribution < 1.29 is 18.9 Å². The van der Waals surface area contributed by atoms with Crippen LogP contribution in [-0.4, -0.2) is 36.8 Å². The highest BCUT2D eigenvalue weighted by Gasteiger charge is 2.45. The van der Waals surface area contributed by atoms with Crippen molar-refractivity contribution in [3.8, 4) is 5.75 Å². The van der Waals surface area contributed by atoms with E-state index >= 15 is 0 Å². The first-order valence-corrected chi connectivity index (χ1v) is 17.5. The molecule has 4 aromatic carbocycles. The Hall–Kier alpha value is -3.09. The monoisotopic (exact) mass is 622 g/mol. The summed E-state index contributed by atoms with van der Waals surface area (Å²) in [6, 6.07) is 38.8. The molecule has 5 heteroatoms. The fourth-order valence-electron chi connectivity index (χ4n) is 6.56. The molecular formula is C40H46O4S. The van der Waals surface area contributed by atoms with Crippen LogP contribution in [0.4, 0.5) is 0 Å². The second kappa shape index (κ2) is 16.0. The fourth-order valence-corrected chi connectivity index (χ4v) is 8.22. The predicted molar refractivity (Wildman–Crippen MR) is 184 cm³/mol. The van der Waals surface area contributed by atoms with Gasteiger partial charge in [0.15, 0.2) is 0 Å². The second-order valence-electron chi connectivity index (χ2n) is 12.4. The molecule has 0 saturated carbocycles. The van der Waals surface area contributed by atoms with E-state index in [-0.39, 0.29) is 23.6 Å². The van der Waals surface area contributed by atoms with E-state index in [1.54, 1.807) is 0 Å². The van der Waals surface area contributed by atoms with E-state index in [9.17, 15) is 0 Å². The largest absolute Gasteiger partial charge is 0.490 e.